The highest BCUT2D eigenvalue weighted by Gasteiger charge is 2.20. The van der Waals surface area contributed by atoms with Crippen LogP contribution in [0, 0.1) is 0 Å². The molecule has 0 unspecified atom stereocenters. The molecule has 0 aromatic heterocycles. The SMILES string of the molecule is C=C.CO.O=C(O)[C@@H]1CCCN1. The third-order valence-corrected chi connectivity index (χ3v) is 1.36. The molecule has 1 fully saturated rings. The molecule has 3 N–H and O–H groups in total. The summed E-state index contributed by atoms with van der Waals surface area (Å²) in [5.41, 5.74) is 0. The standard InChI is InChI=1S/C5H9NO2.C2H4.CH4O/c7-5(8)4-2-1-3-6-4;2*1-2/h4,6H,1-3H2,(H,7,8);1-2H2;2H,1H3/t4-;;/m0../s1. The third kappa shape index (κ3) is 5.88. The van der Waals surface area contributed by atoms with E-state index >= 15 is 0 Å². The summed E-state index contributed by atoms with van der Waals surface area (Å²) in [4.78, 5) is 10.1. The fraction of sp³-hybridized carbons (Fsp3) is 0.625. The van der Waals surface area contributed by atoms with E-state index in [4.69, 9.17) is 10.2 Å². The van der Waals surface area contributed by atoms with Crippen molar-refractivity contribution in [2.75, 3.05) is 13.7 Å². The predicted octanol–water partition coefficient (Wildman–Crippen LogP) is 0.234. The zero-order chi connectivity index (χ0) is 9.98. The average Bonchev–Trinajstić information content (AvgIpc) is 2.64. The minimum atomic E-state index is -0.720. The fourth-order valence-electron chi connectivity index (χ4n) is 0.895. The molecule has 0 radical (unpaired) electrons. The Labute approximate surface area is 72.9 Å². The zero-order valence-corrected chi connectivity index (χ0v) is 7.42. The minimum absolute atomic E-state index is 0.269. The van der Waals surface area contributed by atoms with Crippen LogP contribution in [-0.4, -0.2) is 35.9 Å². The van der Waals surface area contributed by atoms with Crippen LogP contribution in [0.5, 0.6) is 0 Å². The topological polar surface area (TPSA) is 69.6 Å². The summed E-state index contributed by atoms with van der Waals surface area (Å²) in [7, 11) is 1.00. The van der Waals surface area contributed by atoms with Crippen LogP contribution in [0.2, 0.25) is 0 Å². The Hall–Kier alpha value is -0.870. The highest BCUT2D eigenvalue weighted by molar-refractivity contribution is 5.73. The van der Waals surface area contributed by atoms with E-state index in [1.54, 1.807) is 0 Å². The van der Waals surface area contributed by atoms with Crippen LogP contribution >= 0.6 is 0 Å². The molecule has 4 nitrogen and oxygen atoms in total. The molecule has 0 aromatic carbocycles. The van der Waals surface area contributed by atoms with Gasteiger partial charge in [0.05, 0.1) is 0 Å². The smallest absolute Gasteiger partial charge is 0.320 e. The molecule has 1 rings (SSSR count). The Balaban J connectivity index is 0. The maximum Gasteiger partial charge on any atom is 0.320 e. The van der Waals surface area contributed by atoms with Crippen molar-refractivity contribution < 1.29 is 15.0 Å². The van der Waals surface area contributed by atoms with Gasteiger partial charge in [-0.25, -0.2) is 0 Å². The summed E-state index contributed by atoms with van der Waals surface area (Å²) in [6.07, 6.45) is 1.78. The van der Waals surface area contributed by atoms with Crippen LogP contribution < -0.4 is 5.32 Å². The van der Waals surface area contributed by atoms with Crippen molar-refractivity contribution in [3.63, 3.8) is 0 Å². The number of aliphatic hydroxyl groups is 1. The van der Waals surface area contributed by atoms with Crippen LogP contribution in [0.4, 0.5) is 0 Å². The van der Waals surface area contributed by atoms with Crippen LogP contribution in [0.25, 0.3) is 0 Å². The highest BCUT2D eigenvalue weighted by Crippen LogP contribution is 2.03. The van der Waals surface area contributed by atoms with Crippen molar-refractivity contribution in [1.82, 2.24) is 5.32 Å². The summed E-state index contributed by atoms with van der Waals surface area (Å²) in [6, 6.07) is -0.269. The predicted molar refractivity (Wildman–Crippen MR) is 48.1 cm³/mol. The van der Waals surface area contributed by atoms with E-state index in [1.807, 2.05) is 0 Å². The van der Waals surface area contributed by atoms with Crippen molar-refractivity contribution in [2.45, 2.75) is 18.9 Å². The molecule has 72 valence electrons. The van der Waals surface area contributed by atoms with Crippen molar-refractivity contribution in [1.29, 1.82) is 0 Å². The van der Waals surface area contributed by atoms with E-state index in [1.165, 1.54) is 0 Å². The van der Waals surface area contributed by atoms with E-state index < -0.39 is 5.97 Å². The molecule has 0 saturated carbocycles. The maximum atomic E-state index is 10.1. The quantitative estimate of drug-likeness (QED) is 0.499. The van der Waals surface area contributed by atoms with Crippen molar-refractivity contribution >= 4 is 5.97 Å². The molecule has 0 amide bonds. The van der Waals surface area contributed by atoms with Crippen molar-refractivity contribution in [2.24, 2.45) is 0 Å². The van der Waals surface area contributed by atoms with Gasteiger partial charge in [-0.15, -0.1) is 13.2 Å². The number of rotatable bonds is 1. The van der Waals surface area contributed by atoms with Gasteiger partial charge in [-0.3, -0.25) is 4.79 Å². The molecule has 4 heteroatoms. The zero-order valence-electron chi connectivity index (χ0n) is 7.42. The van der Waals surface area contributed by atoms with E-state index in [0.29, 0.717) is 0 Å². The van der Waals surface area contributed by atoms with E-state index in [0.717, 1.165) is 26.5 Å². The lowest BCUT2D eigenvalue weighted by atomic mass is 10.2. The van der Waals surface area contributed by atoms with Gasteiger partial charge < -0.3 is 15.5 Å². The lowest BCUT2D eigenvalue weighted by Gasteiger charge is -1.99. The summed E-state index contributed by atoms with van der Waals surface area (Å²) >= 11 is 0. The summed E-state index contributed by atoms with van der Waals surface area (Å²) in [6.45, 7) is 6.86. The number of nitrogens with one attached hydrogen (secondary N) is 1. The Bertz CT molecular complexity index is 111. The summed E-state index contributed by atoms with van der Waals surface area (Å²) < 4.78 is 0. The number of carboxylic acid groups (broad SMARTS) is 1. The van der Waals surface area contributed by atoms with Gasteiger partial charge >= 0.3 is 5.97 Å². The Morgan fingerprint density at radius 3 is 2.17 bits per heavy atom. The Morgan fingerprint density at radius 1 is 1.50 bits per heavy atom. The Morgan fingerprint density at radius 2 is 2.00 bits per heavy atom. The number of aliphatic hydroxyl groups excluding tert-OH is 1. The first-order valence-corrected chi connectivity index (χ1v) is 3.71. The highest BCUT2D eigenvalue weighted by atomic mass is 16.4. The lowest BCUT2D eigenvalue weighted by molar-refractivity contribution is -0.139. The molecule has 12 heavy (non-hydrogen) atoms. The maximum absolute atomic E-state index is 10.1. The number of hydrogen-bond acceptors (Lipinski definition) is 3. The largest absolute Gasteiger partial charge is 0.480 e. The second-order valence-electron chi connectivity index (χ2n) is 1.99. The molecule has 1 aliphatic heterocycles. The van der Waals surface area contributed by atoms with Gasteiger partial charge in [-0.05, 0) is 19.4 Å². The van der Waals surface area contributed by atoms with Crippen molar-refractivity contribution in [3.8, 4) is 0 Å². The van der Waals surface area contributed by atoms with Crippen LogP contribution in [0.3, 0.4) is 0 Å². The van der Waals surface area contributed by atoms with E-state index in [-0.39, 0.29) is 6.04 Å². The molecule has 0 bridgehead atoms. The first-order chi connectivity index (χ1) is 5.80. The first kappa shape index (κ1) is 13.7. The van der Waals surface area contributed by atoms with Crippen LogP contribution in [0.15, 0.2) is 13.2 Å². The van der Waals surface area contributed by atoms with Crippen LogP contribution in [0.1, 0.15) is 12.8 Å². The average molecular weight is 175 g/mol. The number of carboxylic acids is 1. The molecular weight excluding hydrogens is 158 g/mol. The van der Waals surface area contributed by atoms with Gasteiger partial charge in [0.15, 0.2) is 0 Å². The van der Waals surface area contributed by atoms with E-state index in [9.17, 15) is 4.79 Å². The van der Waals surface area contributed by atoms with Crippen LogP contribution in [-0.2, 0) is 4.79 Å². The molecule has 0 spiro atoms. The number of aliphatic carboxylic acids is 1. The van der Waals surface area contributed by atoms with Gasteiger partial charge in [0.25, 0.3) is 0 Å². The van der Waals surface area contributed by atoms with Crippen molar-refractivity contribution in [3.05, 3.63) is 13.2 Å². The Kier molecular flexibility index (Phi) is 11.6. The normalized spacial score (nSPS) is 19.7. The number of hydrogen-bond donors (Lipinski definition) is 3. The number of carbonyl (C=O) groups is 1. The molecule has 0 aliphatic carbocycles. The molecule has 1 saturated heterocycles. The van der Waals surface area contributed by atoms with Gasteiger partial charge in [0.2, 0.25) is 0 Å². The summed E-state index contributed by atoms with van der Waals surface area (Å²) in [5, 5.41) is 18.2. The van der Waals surface area contributed by atoms with Gasteiger partial charge in [0, 0.05) is 7.11 Å². The van der Waals surface area contributed by atoms with Gasteiger partial charge in [-0.1, -0.05) is 0 Å². The lowest BCUT2D eigenvalue weighted by Crippen LogP contribution is -2.29. The molecule has 1 heterocycles. The van der Waals surface area contributed by atoms with Gasteiger partial charge in [-0.2, -0.15) is 0 Å². The second-order valence-corrected chi connectivity index (χ2v) is 1.99. The van der Waals surface area contributed by atoms with E-state index in [2.05, 4.69) is 18.5 Å². The minimum Gasteiger partial charge on any atom is -0.480 e. The fourth-order valence-corrected chi connectivity index (χ4v) is 0.895. The molecular formula is C8H17NO3. The third-order valence-electron chi connectivity index (χ3n) is 1.36. The monoisotopic (exact) mass is 175 g/mol. The molecule has 1 atom stereocenters. The first-order valence-electron chi connectivity index (χ1n) is 3.71. The second kappa shape index (κ2) is 10.1. The van der Waals surface area contributed by atoms with Gasteiger partial charge in [0.1, 0.15) is 6.04 Å². The molecule has 1 aliphatic rings. The molecule has 0 aromatic rings. The summed E-state index contributed by atoms with van der Waals surface area (Å²) in [5.74, 6) is -0.720.